The first kappa shape index (κ1) is 13.6. The number of hydrogen-bond acceptors (Lipinski definition) is 3. The van der Waals surface area contributed by atoms with Crippen LogP contribution in [0.3, 0.4) is 0 Å². The van der Waals surface area contributed by atoms with Gasteiger partial charge in [-0.25, -0.2) is 0 Å². The van der Waals surface area contributed by atoms with Crippen molar-refractivity contribution in [1.82, 2.24) is 5.32 Å². The lowest BCUT2D eigenvalue weighted by Crippen LogP contribution is -2.28. The zero-order valence-corrected chi connectivity index (χ0v) is 10.6. The Hall–Kier alpha value is -1.48. The zero-order chi connectivity index (χ0) is 12.5. The molecule has 3 heteroatoms. The molecular formula is C14H21NO2. The summed E-state index contributed by atoms with van der Waals surface area (Å²) in [7, 11) is 0. The molecule has 0 saturated heterocycles. The largest absolute Gasteiger partial charge is 0.494 e. The van der Waals surface area contributed by atoms with Crippen LogP contribution in [0.4, 0.5) is 0 Å². The maximum Gasteiger partial charge on any atom is 0.123 e. The van der Waals surface area contributed by atoms with Gasteiger partial charge in [0.25, 0.3) is 0 Å². The van der Waals surface area contributed by atoms with Crippen LogP contribution in [0, 0.1) is 0 Å². The van der Waals surface area contributed by atoms with Crippen LogP contribution in [0.15, 0.2) is 36.9 Å². The van der Waals surface area contributed by atoms with E-state index in [0.717, 1.165) is 24.6 Å². The van der Waals surface area contributed by atoms with Gasteiger partial charge in [0, 0.05) is 19.2 Å². The smallest absolute Gasteiger partial charge is 0.123 e. The van der Waals surface area contributed by atoms with Crippen molar-refractivity contribution in [2.75, 3.05) is 19.7 Å². The highest BCUT2D eigenvalue weighted by molar-refractivity contribution is 5.33. The van der Waals surface area contributed by atoms with Gasteiger partial charge in [-0.3, -0.25) is 0 Å². The number of nitrogens with one attached hydrogen (secondary N) is 1. The molecular weight excluding hydrogens is 214 g/mol. The van der Waals surface area contributed by atoms with Crippen molar-refractivity contribution < 1.29 is 9.47 Å². The van der Waals surface area contributed by atoms with Gasteiger partial charge in [0.1, 0.15) is 17.6 Å². The van der Waals surface area contributed by atoms with Gasteiger partial charge < -0.3 is 14.8 Å². The van der Waals surface area contributed by atoms with E-state index in [0.29, 0.717) is 6.61 Å². The van der Waals surface area contributed by atoms with Crippen LogP contribution in [-0.4, -0.2) is 25.8 Å². The van der Waals surface area contributed by atoms with Gasteiger partial charge >= 0.3 is 0 Å². The molecule has 94 valence electrons. The summed E-state index contributed by atoms with van der Waals surface area (Å²) < 4.78 is 11.2. The van der Waals surface area contributed by atoms with Crippen LogP contribution in [0.25, 0.3) is 0 Å². The predicted octanol–water partition coefficient (Wildman–Crippen LogP) is 2.63. The Kier molecular flexibility index (Phi) is 6.18. The normalized spacial score (nSPS) is 11.9. The van der Waals surface area contributed by atoms with E-state index in [1.165, 1.54) is 0 Å². The molecule has 0 radical (unpaired) electrons. The lowest BCUT2D eigenvalue weighted by Gasteiger charge is -2.15. The minimum Gasteiger partial charge on any atom is -0.494 e. The van der Waals surface area contributed by atoms with Crippen LogP contribution in [-0.2, 0) is 0 Å². The first-order valence-electron chi connectivity index (χ1n) is 5.97. The Morgan fingerprint density at radius 3 is 2.88 bits per heavy atom. The van der Waals surface area contributed by atoms with Crippen LogP contribution in [0.1, 0.15) is 13.8 Å². The zero-order valence-electron chi connectivity index (χ0n) is 10.6. The summed E-state index contributed by atoms with van der Waals surface area (Å²) in [6.45, 7) is 9.91. The van der Waals surface area contributed by atoms with E-state index in [1.807, 2.05) is 44.2 Å². The molecule has 1 aromatic rings. The first-order valence-corrected chi connectivity index (χ1v) is 5.97. The third-order valence-corrected chi connectivity index (χ3v) is 2.17. The molecule has 0 aliphatic carbocycles. The topological polar surface area (TPSA) is 30.5 Å². The number of hydrogen-bond donors (Lipinski definition) is 1. The molecule has 1 rings (SSSR count). The van der Waals surface area contributed by atoms with E-state index >= 15 is 0 Å². The van der Waals surface area contributed by atoms with Gasteiger partial charge in [0.15, 0.2) is 0 Å². The highest BCUT2D eigenvalue weighted by atomic mass is 16.5. The lowest BCUT2D eigenvalue weighted by atomic mass is 10.3. The van der Waals surface area contributed by atoms with Crippen molar-refractivity contribution in [2.45, 2.75) is 20.0 Å². The summed E-state index contributed by atoms with van der Waals surface area (Å²) in [6, 6.07) is 7.71. The maximum absolute atomic E-state index is 5.77. The minimum absolute atomic E-state index is 0.117. The van der Waals surface area contributed by atoms with Gasteiger partial charge in [-0.05, 0) is 26.0 Å². The van der Waals surface area contributed by atoms with E-state index in [-0.39, 0.29) is 6.10 Å². The van der Waals surface area contributed by atoms with Crippen molar-refractivity contribution in [1.29, 1.82) is 0 Å². The molecule has 0 bridgehead atoms. The third-order valence-electron chi connectivity index (χ3n) is 2.17. The summed E-state index contributed by atoms with van der Waals surface area (Å²) in [6.07, 6.45) is 1.95. The minimum atomic E-state index is 0.117. The van der Waals surface area contributed by atoms with Crippen LogP contribution in [0.2, 0.25) is 0 Å². The van der Waals surface area contributed by atoms with E-state index in [1.54, 1.807) is 0 Å². The number of rotatable bonds is 8. The monoisotopic (exact) mass is 235 g/mol. The predicted molar refractivity (Wildman–Crippen MR) is 70.8 cm³/mol. The SMILES string of the molecule is C=CCNCC(C)Oc1cccc(OCC)c1. The molecule has 0 spiro atoms. The Balaban J connectivity index is 2.43. The van der Waals surface area contributed by atoms with Gasteiger partial charge in [0.2, 0.25) is 0 Å². The molecule has 1 aromatic carbocycles. The highest BCUT2D eigenvalue weighted by Gasteiger charge is 2.03. The quantitative estimate of drug-likeness (QED) is 0.555. The molecule has 0 fully saturated rings. The molecule has 1 unspecified atom stereocenters. The fraction of sp³-hybridized carbons (Fsp3) is 0.429. The standard InChI is InChI=1S/C14H21NO2/c1-4-9-15-11-12(3)17-14-8-6-7-13(10-14)16-5-2/h4,6-8,10,12,15H,1,5,9,11H2,2-3H3. The molecule has 0 heterocycles. The fourth-order valence-electron chi connectivity index (χ4n) is 1.47. The van der Waals surface area contributed by atoms with Crippen LogP contribution >= 0.6 is 0 Å². The Labute approximate surface area is 103 Å². The van der Waals surface area contributed by atoms with E-state index in [4.69, 9.17) is 9.47 Å². The molecule has 0 aromatic heterocycles. The summed E-state index contributed by atoms with van der Waals surface area (Å²) in [5, 5.41) is 3.22. The molecule has 1 atom stereocenters. The van der Waals surface area contributed by atoms with Crippen LogP contribution < -0.4 is 14.8 Å². The lowest BCUT2D eigenvalue weighted by molar-refractivity contribution is 0.217. The van der Waals surface area contributed by atoms with Crippen molar-refractivity contribution >= 4 is 0 Å². The van der Waals surface area contributed by atoms with Gasteiger partial charge in [-0.15, -0.1) is 6.58 Å². The third kappa shape index (κ3) is 5.41. The molecule has 0 saturated carbocycles. The highest BCUT2D eigenvalue weighted by Crippen LogP contribution is 2.20. The fourth-order valence-corrected chi connectivity index (χ4v) is 1.47. The first-order chi connectivity index (χ1) is 8.26. The number of benzene rings is 1. The molecule has 0 aliphatic rings. The summed E-state index contributed by atoms with van der Waals surface area (Å²) in [5.74, 6) is 1.68. The van der Waals surface area contributed by atoms with E-state index in [9.17, 15) is 0 Å². The molecule has 3 nitrogen and oxygen atoms in total. The van der Waals surface area contributed by atoms with E-state index < -0.39 is 0 Å². The summed E-state index contributed by atoms with van der Waals surface area (Å²) in [4.78, 5) is 0. The second kappa shape index (κ2) is 7.74. The second-order valence-electron chi connectivity index (χ2n) is 3.78. The van der Waals surface area contributed by atoms with E-state index in [2.05, 4.69) is 11.9 Å². The Bertz CT molecular complexity index is 339. The van der Waals surface area contributed by atoms with Crippen molar-refractivity contribution in [3.8, 4) is 11.5 Å². The summed E-state index contributed by atoms with van der Waals surface area (Å²) >= 11 is 0. The second-order valence-corrected chi connectivity index (χ2v) is 3.78. The number of ether oxygens (including phenoxy) is 2. The Morgan fingerprint density at radius 1 is 1.41 bits per heavy atom. The van der Waals surface area contributed by atoms with Crippen molar-refractivity contribution in [2.24, 2.45) is 0 Å². The van der Waals surface area contributed by atoms with Crippen molar-refractivity contribution in [3.63, 3.8) is 0 Å². The summed E-state index contributed by atoms with van der Waals surface area (Å²) in [5.41, 5.74) is 0. The average molecular weight is 235 g/mol. The maximum atomic E-state index is 5.77. The molecule has 1 N–H and O–H groups in total. The molecule has 0 aliphatic heterocycles. The van der Waals surface area contributed by atoms with Crippen LogP contribution in [0.5, 0.6) is 11.5 Å². The van der Waals surface area contributed by atoms with Crippen molar-refractivity contribution in [3.05, 3.63) is 36.9 Å². The molecule has 0 amide bonds. The van der Waals surface area contributed by atoms with Gasteiger partial charge in [0.05, 0.1) is 6.61 Å². The van der Waals surface area contributed by atoms with Gasteiger partial charge in [-0.1, -0.05) is 12.1 Å². The molecule has 17 heavy (non-hydrogen) atoms. The van der Waals surface area contributed by atoms with Gasteiger partial charge in [-0.2, -0.15) is 0 Å². The average Bonchev–Trinajstić information content (AvgIpc) is 2.30. The Morgan fingerprint density at radius 2 is 2.18 bits per heavy atom.